The Morgan fingerprint density at radius 1 is 1.07 bits per heavy atom. The third-order valence-electron chi connectivity index (χ3n) is 13.3. The molecule has 2 aromatic carbocycles. The fraction of sp³-hybridized carbons (Fsp3) is 0.490. The molecule has 16 heteroatoms. The number of thiazole rings is 1. The Hall–Kier alpha value is -5.68. The number of hydrazine groups is 1. The molecule has 0 radical (unpaired) electrons. The van der Waals surface area contributed by atoms with Gasteiger partial charge in [-0.3, -0.25) is 24.4 Å². The first-order valence-electron chi connectivity index (χ1n) is 23.5. The maximum atomic E-state index is 14.7. The first-order valence-corrected chi connectivity index (χ1v) is 24.4. The van der Waals surface area contributed by atoms with Gasteiger partial charge in [-0.15, -0.1) is 11.3 Å². The quantitative estimate of drug-likeness (QED) is 0.143. The number of carbonyl (C=O) groups is 4. The summed E-state index contributed by atoms with van der Waals surface area (Å²) >= 11 is 1.42. The van der Waals surface area contributed by atoms with Crippen LogP contribution in [-0.4, -0.2) is 118 Å². The number of pyridine rings is 1. The van der Waals surface area contributed by atoms with Gasteiger partial charge in [0.25, 0.3) is 5.91 Å². The lowest BCUT2D eigenvalue weighted by molar-refractivity contribution is -0.155. The van der Waals surface area contributed by atoms with E-state index in [4.69, 9.17) is 24.2 Å². The predicted molar refractivity (Wildman–Crippen MR) is 258 cm³/mol. The molecule has 6 bridgehead atoms. The molecular weight excluding hydrogens is 869 g/mol. The van der Waals surface area contributed by atoms with Crippen LogP contribution in [0, 0.1) is 11.3 Å². The molecule has 6 heterocycles. The van der Waals surface area contributed by atoms with Crippen LogP contribution in [-0.2, 0) is 48.0 Å². The number of hydrogen-bond acceptors (Lipinski definition) is 11. The Bertz CT molecular complexity index is 2590. The number of nitrogens with zero attached hydrogens (tertiary/aromatic N) is 6. The smallest absolute Gasteiger partial charge is 0.324 e. The van der Waals surface area contributed by atoms with Gasteiger partial charge in [0.05, 0.1) is 48.0 Å². The number of rotatable bonds is 9. The monoisotopic (exact) mass is 932 g/mol. The van der Waals surface area contributed by atoms with Crippen LogP contribution in [0.1, 0.15) is 88.4 Å². The molecule has 15 nitrogen and oxygen atoms in total. The van der Waals surface area contributed by atoms with Gasteiger partial charge in [0.1, 0.15) is 24.2 Å². The van der Waals surface area contributed by atoms with Crippen LogP contribution in [0.25, 0.3) is 33.4 Å². The molecule has 4 amide bonds. The largest absolute Gasteiger partial charge is 0.464 e. The zero-order chi connectivity index (χ0) is 47.6. The molecule has 5 aromatic rings. The summed E-state index contributed by atoms with van der Waals surface area (Å²) in [6.07, 6.45) is 2.95. The highest BCUT2D eigenvalue weighted by atomic mass is 32.1. The molecule has 3 aliphatic heterocycles. The number of cyclic esters (lactones) is 1. The van der Waals surface area contributed by atoms with E-state index in [1.165, 1.54) is 21.2 Å². The van der Waals surface area contributed by atoms with E-state index in [-0.39, 0.29) is 37.2 Å². The molecule has 3 aliphatic rings. The number of methoxy groups -OCH3 is 1. The lowest BCUT2D eigenvalue weighted by Gasteiger charge is -2.39. The van der Waals surface area contributed by atoms with Gasteiger partial charge in [-0.25, -0.2) is 15.2 Å². The number of ether oxygens (including phenoxy) is 3. The summed E-state index contributed by atoms with van der Waals surface area (Å²) in [5.41, 5.74) is 10.3. The summed E-state index contributed by atoms with van der Waals surface area (Å²) in [6, 6.07) is 17.2. The van der Waals surface area contributed by atoms with Crippen LogP contribution < -0.4 is 10.7 Å². The summed E-state index contributed by atoms with van der Waals surface area (Å²) in [6.45, 7) is 14.4. The van der Waals surface area contributed by atoms with E-state index in [0.717, 1.165) is 50.2 Å². The number of esters is 1. The number of urea groups is 1. The first kappa shape index (κ1) is 47.8. The second-order valence-corrected chi connectivity index (χ2v) is 20.0. The molecule has 67 heavy (non-hydrogen) atoms. The highest BCUT2D eigenvalue weighted by Crippen LogP contribution is 2.42. The number of nitrogens with one attached hydrogen (secondary N) is 2. The number of benzene rings is 2. The van der Waals surface area contributed by atoms with Crippen LogP contribution in [0.3, 0.4) is 0 Å². The Morgan fingerprint density at radius 2 is 1.87 bits per heavy atom. The second-order valence-electron chi connectivity index (χ2n) is 19.1. The normalized spacial score (nSPS) is 21.1. The van der Waals surface area contributed by atoms with E-state index in [9.17, 15) is 19.2 Å². The average Bonchev–Trinajstić information content (AvgIpc) is 3.93. The molecule has 5 atom stereocenters. The van der Waals surface area contributed by atoms with Gasteiger partial charge in [0, 0.05) is 79.2 Å². The summed E-state index contributed by atoms with van der Waals surface area (Å²) < 4.78 is 20.3. The number of hydrogen-bond donors (Lipinski definition) is 2. The van der Waals surface area contributed by atoms with Crippen molar-refractivity contribution < 1.29 is 33.4 Å². The molecule has 0 aliphatic carbocycles. The van der Waals surface area contributed by atoms with Crippen molar-refractivity contribution in [3.63, 3.8) is 0 Å². The molecule has 0 saturated carbocycles. The molecule has 0 spiro atoms. The maximum absolute atomic E-state index is 14.7. The van der Waals surface area contributed by atoms with E-state index in [2.05, 4.69) is 60.3 Å². The van der Waals surface area contributed by atoms with Crippen LogP contribution in [0.2, 0.25) is 0 Å². The standard InChI is InChI=1S/C51H64N8O7S/c1-9-58-41-20-19-34-25-36(41)37(46(58)35-17-13-21-52-44(35)32(4)64-8)27-51(5,6)30-66-49(62)38-18-14-22-59(55-38)48(61)39(26-43-53-40(34)29-67-43)54-47(60)45(31(2)3)56(7)50(63)57-23-24-65-42(28-57)33-15-11-10-12-16-33/h10-13,15-17,19-21,25,29,31-32,38-39,42,45,55H,9,14,18,22-24,26-28,30H2,1-8H3,(H,54,60)/t32-,38-,39-,42+,45?/m0/s1. The Morgan fingerprint density at radius 3 is 2.61 bits per heavy atom. The molecule has 1 unspecified atom stereocenters. The molecule has 2 fully saturated rings. The van der Waals surface area contributed by atoms with Crippen molar-refractivity contribution in [3.05, 3.63) is 94.1 Å². The van der Waals surface area contributed by atoms with E-state index in [1.54, 1.807) is 25.3 Å². The molecule has 3 aromatic heterocycles. The number of fused-ring (bicyclic) bond motifs is 6. The molecular formula is C51H64N8O7S. The van der Waals surface area contributed by atoms with Gasteiger partial charge in [-0.05, 0) is 74.4 Å². The van der Waals surface area contributed by atoms with Gasteiger partial charge in [-0.2, -0.15) is 0 Å². The van der Waals surface area contributed by atoms with E-state index in [0.29, 0.717) is 57.1 Å². The van der Waals surface area contributed by atoms with Crippen molar-refractivity contribution in [2.24, 2.45) is 11.3 Å². The Labute approximate surface area is 397 Å². The van der Waals surface area contributed by atoms with Gasteiger partial charge in [0.2, 0.25) is 5.91 Å². The third-order valence-corrected chi connectivity index (χ3v) is 14.2. The minimum atomic E-state index is -1.07. The maximum Gasteiger partial charge on any atom is 0.324 e. The lowest BCUT2D eigenvalue weighted by atomic mass is 9.84. The second kappa shape index (κ2) is 20.3. The molecule has 356 valence electrons. The Balaban J connectivity index is 1.14. The fourth-order valence-electron chi connectivity index (χ4n) is 9.78. The summed E-state index contributed by atoms with van der Waals surface area (Å²) in [5.74, 6) is -1.61. The number of likely N-dealkylation sites (N-methyl/N-ethyl adjacent to an activating group) is 1. The summed E-state index contributed by atoms with van der Waals surface area (Å²) in [5, 5.41) is 8.19. The van der Waals surface area contributed by atoms with Gasteiger partial charge in [-0.1, -0.05) is 64.1 Å². The van der Waals surface area contributed by atoms with Gasteiger partial charge >= 0.3 is 12.0 Å². The minimum absolute atomic E-state index is 0.0900. The fourth-order valence-corrected chi connectivity index (χ4v) is 10.6. The van der Waals surface area contributed by atoms with E-state index in [1.807, 2.05) is 62.5 Å². The zero-order valence-corrected chi connectivity index (χ0v) is 40.7. The number of carbonyl (C=O) groups excluding carboxylic acids is 4. The average molecular weight is 933 g/mol. The Kier molecular flexibility index (Phi) is 14.5. The molecule has 2 saturated heterocycles. The summed E-state index contributed by atoms with van der Waals surface area (Å²) in [4.78, 5) is 70.5. The van der Waals surface area contributed by atoms with Crippen LogP contribution in [0.5, 0.6) is 0 Å². The lowest BCUT2D eigenvalue weighted by Crippen LogP contribution is -2.62. The zero-order valence-electron chi connectivity index (χ0n) is 39.9. The number of amides is 4. The predicted octanol–water partition coefficient (Wildman–Crippen LogP) is 7.35. The van der Waals surface area contributed by atoms with Crippen molar-refractivity contribution >= 4 is 46.1 Å². The van der Waals surface area contributed by atoms with Crippen LogP contribution in [0.4, 0.5) is 4.79 Å². The van der Waals surface area contributed by atoms with Crippen LogP contribution >= 0.6 is 11.3 Å². The van der Waals surface area contributed by atoms with Gasteiger partial charge in [0.15, 0.2) is 0 Å². The number of aryl methyl sites for hydroxylation is 1. The third kappa shape index (κ3) is 10.1. The van der Waals surface area contributed by atoms with E-state index >= 15 is 0 Å². The highest BCUT2D eigenvalue weighted by molar-refractivity contribution is 7.10. The van der Waals surface area contributed by atoms with Crippen molar-refractivity contribution in [3.8, 4) is 22.5 Å². The SMILES string of the molecule is CCn1c(-c2cccnc2[C@H](C)OC)c2c3cc(ccc31)-c1csc(n1)C[C@H](NC(=O)C(C(C)C)N(C)C(=O)N1CCO[C@@H](c3ccccc3)C1)C(=O)N1CCC[C@H](N1)C(=O)OCC(C)(C)C2. The minimum Gasteiger partial charge on any atom is -0.464 e. The van der Waals surface area contributed by atoms with Crippen LogP contribution in [0.15, 0.2) is 72.2 Å². The van der Waals surface area contributed by atoms with Crippen molar-refractivity contribution in [1.82, 2.24) is 40.1 Å². The van der Waals surface area contributed by atoms with Gasteiger partial charge < -0.3 is 33.9 Å². The molecule has 8 rings (SSSR count). The van der Waals surface area contributed by atoms with Crippen molar-refractivity contribution in [1.29, 1.82) is 0 Å². The number of aromatic nitrogens is 3. The highest BCUT2D eigenvalue weighted by Gasteiger charge is 2.39. The summed E-state index contributed by atoms with van der Waals surface area (Å²) in [7, 11) is 3.33. The van der Waals surface area contributed by atoms with Crippen molar-refractivity contribution in [2.45, 2.75) is 104 Å². The topological polar surface area (TPSA) is 160 Å². The number of morpholine rings is 1. The van der Waals surface area contributed by atoms with E-state index < -0.39 is 41.3 Å². The van der Waals surface area contributed by atoms with Crippen molar-refractivity contribution in [2.75, 3.05) is 47.0 Å². The first-order chi connectivity index (χ1) is 32.2. The molecule has 2 N–H and O–H groups in total.